The first-order valence-electron chi connectivity index (χ1n) is 8.78. The number of carbonyl (C=O) groups excluding carboxylic acids is 2. The number of anilines is 1. The lowest BCUT2D eigenvalue weighted by Gasteiger charge is -2.26. The minimum Gasteiger partial charge on any atom is -0.507 e. The third-order valence-corrected chi connectivity index (χ3v) is 4.96. The van der Waals surface area contributed by atoms with E-state index >= 15 is 0 Å². The van der Waals surface area contributed by atoms with Crippen LogP contribution in [0.25, 0.3) is 0 Å². The Bertz CT molecular complexity index is 839. The van der Waals surface area contributed by atoms with Crippen LogP contribution in [-0.2, 0) is 9.53 Å². The highest BCUT2D eigenvalue weighted by atomic mass is 16.5. The number of esters is 1. The van der Waals surface area contributed by atoms with Gasteiger partial charge in [0.05, 0.1) is 19.3 Å². The number of ether oxygens (including phenoxy) is 1. The summed E-state index contributed by atoms with van der Waals surface area (Å²) in [7, 11) is 1.26. The number of hydrogen-bond donors (Lipinski definition) is 2. The molecule has 2 N–H and O–H groups in total. The van der Waals surface area contributed by atoms with E-state index in [1.165, 1.54) is 13.2 Å². The zero-order valence-electron chi connectivity index (χ0n) is 15.2. The molecule has 1 aromatic carbocycles. The maximum atomic E-state index is 12.3. The van der Waals surface area contributed by atoms with Gasteiger partial charge in [0, 0.05) is 17.9 Å². The summed E-state index contributed by atoms with van der Waals surface area (Å²) >= 11 is 0. The number of carbonyl (C=O) groups is 2. The average Bonchev–Trinajstić information content (AvgIpc) is 3.05. The maximum Gasteiger partial charge on any atom is 0.341 e. The molecule has 0 saturated carbocycles. The van der Waals surface area contributed by atoms with Crippen molar-refractivity contribution in [3.8, 4) is 5.75 Å². The van der Waals surface area contributed by atoms with Gasteiger partial charge in [0.2, 0.25) is 5.91 Å². The van der Waals surface area contributed by atoms with Gasteiger partial charge in [-0.2, -0.15) is 5.10 Å². The van der Waals surface area contributed by atoms with Crippen molar-refractivity contribution < 1.29 is 19.4 Å². The highest BCUT2D eigenvalue weighted by Crippen LogP contribution is 2.39. The molecule has 1 aliphatic rings. The van der Waals surface area contributed by atoms with Crippen LogP contribution in [0.1, 0.15) is 66.6 Å². The van der Waals surface area contributed by atoms with Crippen LogP contribution in [0.3, 0.4) is 0 Å². The van der Waals surface area contributed by atoms with E-state index < -0.39 is 5.97 Å². The third kappa shape index (κ3) is 3.05. The van der Waals surface area contributed by atoms with E-state index in [4.69, 9.17) is 4.74 Å². The van der Waals surface area contributed by atoms with Crippen molar-refractivity contribution in [3.05, 3.63) is 41.1 Å². The zero-order valence-corrected chi connectivity index (χ0v) is 15.2. The molecule has 2 aromatic rings. The van der Waals surface area contributed by atoms with Gasteiger partial charge < -0.3 is 15.2 Å². The Balaban J connectivity index is 2.06. The number of aromatic nitrogens is 2. The Morgan fingerprint density at radius 3 is 2.81 bits per heavy atom. The van der Waals surface area contributed by atoms with E-state index in [0.29, 0.717) is 5.82 Å². The van der Waals surface area contributed by atoms with E-state index in [9.17, 15) is 14.7 Å². The summed E-state index contributed by atoms with van der Waals surface area (Å²) in [6.07, 6.45) is 3.86. The van der Waals surface area contributed by atoms with Crippen LogP contribution in [-0.4, -0.2) is 33.9 Å². The van der Waals surface area contributed by atoms with Crippen molar-refractivity contribution in [1.82, 2.24) is 9.78 Å². The fraction of sp³-hybridized carbons (Fsp3) is 0.421. The summed E-state index contributed by atoms with van der Waals surface area (Å²) in [5, 5.41) is 17.4. The van der Waals surface area contributed by atoms with Crippen molar-refractivity contribution >= 4 is 17.7 Å². The van der Waals surface area contributed by atoms with Crippen LogP contribution in [0.15, 0.2) is 24.4 Å². The molecule has 26 heavy (non-hydrogen) atoms. The van der Waals surface area contributed by atoms with Crippen LogP contribution < -0.4 is 5.32 Å². The quantitative estimate of drug-likeness (QED) is 0.802. The van der Waals surface area contributed by atoms with Crippen molar-refractivity contribution in [2.45, 2.75) is 45.1 Å². The molecule has 0 spiro atoms. The van der Waals surface area contributed by atoms with Gasteiger partial charge in [0.15, 0.2) is 0 Å². The number of aromatic hydroxyl groups is 1. The number of phenolic OH excluding ortho intramolecular Hbond substituents is 1. The Hall–Kier alpha value is -2.83. The van der Waals surface area contributed by atoms with Crippen molar-refractivity contribution in [2.75, 3.05) is 12.4 Å². The Morgan fingerprint density at radius 1 is 1.42 bits per heavy atom. The summed E-state index contributed by atoms with van der Waals surface area (Å²) < 4.78 is 6.60. The van der Waals surface area contributed by atoms with Gasteiger partial charge >= 0.3 is 5.97 Å². The van der Waals surface area contributed by atoms with Gasteiger partial charge in [-0.05, 0) is 30.5 Å². The van der Waals surface area contributed by atoms with E-state index in [1.807, 2.05) is 4.68 Å². The zero-order chi connectivity index (χ0) is 18.8. The first-order chi connectivity index (χ1) is 12.5. The number of phenols is 1. The van der Waals surface area contributed by atoms with Gasteiger partial charge in [0.25, 0.3) is 0 Å². The summed E-state index contributed by atoms with van der Waals surface area (Å²) in [5.41, 5.74) is 1.77. The number of amides is 1. The molecule has 0 saturated heterocycles. The molecular weight excluding hydrogens is 334 g/mol. The molecule has 0 radical (unpaired) electrons. The topological polar surface area (TPSA) is 93.5 Å². The molecular formula is C19H23N3O4. The molecule has 1 atom stereocenters. The number of fused-ring (bicyclic) bond motifs is 1. The predicted molar refractivity (Wildman–Crippen MR) is 96.4 cm³/mol. The lowest BCUT2D eigenvalue weighted by atomic mass is 9.86. The fourth-order valence-corrected chi connectivity index (χ4v) is 3.49. The molecule has 0 fully saturated rings. The molecule has 1 aliphatic heterocycles. The molecule has 0 bridgehead atoms. The number of nitrogens with one attached hydrogen (secondary N) is 1. The minimum atomic E-state index is -0.613. The molecule has 3 rings (SSSR count). The SMILES string of the molecule is CCC(CC)n1ncc2c1NC(=O)C[C@H]2c1ccc(O)c(C(=O)OC)c1. The number of benzene rings is 1. The molecule has 2 heterocycles. The molecule has 1 amide bonds. The van der Waals surface area contributed by atoms with Crippen LogP contribution >= 0.6 is 0 Å². The average molecular weight is 357 g/mol. The third-order valence-electron chi connectivity index (χ3n) is 4.96. The normalized spacial score (nSPS) is 16.3. The predicted octanol–water partition coefficient (Wildman–Crippen LogP) is 3.21. The molecule has 7 nitrogen and oxygen atoms in total. The standard InChI is InChI=1S/C19H23N3O4/c1-4-12(5-2)22-18-15(10-20-22)13(9-17(24)21-18)11-6-7-16(23)14(8-11)19(25)26-3/h6-8,10,12-13,23H,4-5,9H2,1-3H3,(H,21,24)/t13-/m0/s1. The second kappa shape index (κ2) is 7.19. The molecule has 1 aromatic heterocycles. The second-order valence-electron chi connectivity index (χ2n) is 6.44. The molecule has 138 valence electrons. The largest absolute Gasteiger partial charge is 0.507 e. The van der Waals surface area contributed by atoms with Gasteiger partial charge in [-0.3, -0.25) is 4.79 Å². The van der Waals surface area contributed by atoms with Crippen LogP contribution in [0, 0.1) is 0 Å². The van der Waals surface area contributed by atoms with Crippen LogP contribution in [0.2, 0.25) is 0 Å². The van der Waals surface area contributed by atoms with Crippen molar-refractivity contribution in [2.24, 2.45) is 0 Å². The Labute approximate surface area is 152 Å². The lowest BCUT2D eigenvalue weighted by molar-refractivity contribution is -0.116. The van der Waals surface area contributed by atoms with Crippen LogP contribution in [0.4, 0.5) is 5.82 Å². The number of nitrogens with zero attached hydrogens (tertiary/aromatic N) is 2. The van der Waals surface area contributed by atoms with E-state index in [0.717, 1.165) is 24.0 Å². The summed E-state index contributed by atoms with van der Waals surface area (Å²) in [4.78, 5) is 24.2. The van der Waals surface area contributed by atoms with Gasteiger partial charge in [-0.1, -0.05) is 19.9 Å². The Kier molecular flexibility index (Phi) is 4.97. The smallest absolute Gasteiger partial charge is 0.341 e. The number of hydrogen-bond acceptors (Lipinski definition) is 5. The fourth-order valence-electron chi connectivity index (χ4n) is 3.49. The second-order valence-corrected chi connectivity index (χ2v) is 6.44. The van der Waals surface area contributed by atoms with E-state index in [2.05, 4.69) is 24.3 Å². The molecule has 7 heteroatoms. The van der Waals surface area contributed by atoms with E-state index in [1.54, 1.807) is 18.3 Å². The van der Waals surface area contributed by atoms with E-state index in [-0.39, 0.29) is 35.6 Å². The molecule has 0 unspecified atom stereocenters. The number of rotatable bonds is 5. The summed E-state index contributed by atoms with van der Waals surface area (Å²) in [6, 6.07) is 4.98. The first-order valence-corrected chi connectivity index (χ1v) is 8.78. The summed E-state index contributed by atoms with van der Waals surface area (Å²) in [6.45, 7) is 4.18. The van der Waals surface area contributed by atoms with Crippen molar-refractivity contribution in [1.29, 1.82) is 0 Å². The first kappa shape index (κ1) is 18.0. The minimum absolute atomic E-state index is 0.0879. The van der Waals surface area contributed by atoms with Gasteiger partial charge in [-0.25, -0.2) is 9.48 Å². The van der Waals surface area contributed by atoms with Crippen molar-refractivity contribution in [3.63, 3.8) is 0 Å². The Morgan fingerprint density at radius 2 is 2.15 bits per heavy atom. The highest BCUT2D eigenvalue weighted by molar-refractivity contribution is 5.95. The number of methoxy groups -OCH3 is 1. The summed E-state index contributed by atoms with van der Waals surface area (Å²) in [5.74, 6) is -0.368. The maximum absolute atomic E-state index is 12.3. The highest BCUT2D eigenvalue weighted by Gasteiger charge is 2.32. The monoisotopic (exact) mass is 357 g/mol. The van der Waals surface area contributed by atoms with Gasteiger partial charge in [-0.15, -0.1) is 0 Å². The molecule has 0 aliphatic carbocycles. The van der Waals surface area contributed by atoms with Crippen LogP contribution in [0.5, 0.6) is 5.75 Å². The van der Waals surface area contributed by atoms with Gasteiger partial charge in [0.1, 0.15) is 17.1 Å². The lowest BCUT2D eigenvalue weighted by Crippen LogP contribution is -2.26.